The topological polar surface area (TPSA) is 52.6 Å². The molecular formula is C14H19BrN2O2. The number of carbonyl (C=O) groups is 1. The number of carbonyl (C=O) groups excluding carboxylic acids is 1. The summed E-state index contributed by atoms with van der Waals surface area (Å²) in [5.74, 6) is -0.0292. The zero-order valence-electron chi connectivity index (χ0n) is 10.8. The summed E-state index contributed by atoms with van der Waals surface area (Å²) in [5.41, 5.74) is 0.789. The molecule has 0 aliphatic carbocycles. The van der Waals surface area contributed by atoms with E-state index in [1.165, 1.54) is 0 Å². The van der Waals surface area contributed by atoms with Crippen LogP contribution in [0, 0.1) is 0 Å². The maximum absolute atomic E-state index is 12.0. The fraction of sp³-hybridized carbons (Fsp3) is 0.500. The molecule has 1 atom stereocenters. The highest BCUT2D eigenvalue weighted by Gasteiger charge is 2.23. The molecule has 5 heteroatoms. The Morgan fingerprint density at radius 2 is 2.32 bits per heavy atom. The minimum Gasteiger partial charge on any atom is -0.395 e. The normalized spacial score (nSPS) is 20.2. The van der Waals surface area contributed by atoms with Crippen LogP contribution in [0.15, 0.2) is 28.7 Å². The average molecular weight is 327 g/mol. The number of likely N-dealkylation sites (tertiary alicyclic amines) is 1. The third-order valence-corrected chi connectivity index (χ3v) is 3.91. The van der Waals surface area contributed by atoms with Gasteiger partial charge in [0.05, 0.1) is 13.2 Å². The Bertz CT molecular complexity index is 439. The molecule has 1 saturated heterocycles. The molecular weight excluding hydrogens is 308 g/mol. The van der Waals surface area contributed by atoms with E-state index in [0.717, 1.165) is 36.0 Å². The van der Waals surface area contributed by atoms with E-state index in [4.69, 9.17) is 0 Å². The van der Waals surface area contributed by atoms with E-state index in [9.17, 15) is 9.90 Å². The monoisotopic (exact) mass is 326 g/mol. The number of halogens is 1. The van der Waals surface area contributed by atoms with Gasteiger partial charge in [-0.1, -0.05) is 28.4 Å². The Hall–Kier alpha value is -0.910. The second-order valence-electron chi connectivity index (χ2n) is 4.86. The van der Waals surface area contributed by atoms with E-state index in [1.807, 2.05) is 24.3 Å². The molecule has 0 radical (unpaired) electrons. The molecule has 4 nitrogen and oxygen atoms in total. The van der Waals surface area contributed by atoms with Crippen molar-refractivity contribution in [3.63, 3.8) is 0 Å². The van der Waals surface area contributed by atoms with Crippen molar-refractivity contribution in [2.24, 2.45) is 0 Å². The standard InChI is InChI=1S/C14H19BrN2O2/c15-11-4-3-5-12(8-11)16-14(19)9-17-7-2-1-6-13(17)10-18/h3-5,8,13,18H,1-2,6-7,9-10H2,(H,16,19). The van der Waals surface area contributed by atoms with Crippen molar-refractivity contribution in [1.29, 1.82) is 0 Å². The minimum absolute atomic E-state index is 0.0292. The van der Waals surface area contributed by atoms with Crippen LogP contribution in [-0.2, 0) is 4.79 Å². The lowest BCUT2D eigenvalue weighted by Gasteiger charge is -2.33. The molecule has 1 aromatic rings. The molecule has 1 aliphatic heterocycles. The summed E-state index contributed by atoms with van der Waals surface area (Å²) in [6.07, 6.45) is 3.20. The van der Waals surface area contributed by atoms with Crippen LogP contribution in [0.4, 0.5) is 5.69 Å². The van der Waals surface area contributed by atoms with Gasteiger partial charge in [-0.25, -0.2) is 0 Å². The Morgan fingerprint density at radius 3 is 3.05 bits per heavy atom. The van der Waals surface area contributed by atoms with E-state index >= 15 is 0 Å². The van der Waals surface area contributed by atoms with Crippen LogP contribution in [0.2, 0.25) is 0 Å². The van der Waals surface area contributed by atoms with Gasteiger partial charge in [0, 0.05) is 16.2 Å². The molecule has 1 heterocycles. The molecule has 1 fully saturated rings. The summed E-state index contributed by atoms with van der Waals surface area (Å²) in [5, 5.41) is 12.2. The lowest BCUT2D eigenvalue weighted by atomic mass is 10.0. The lowest BCUT2D eigenvalue weighted by Crippen LogP contribution is -2.45. The maximum atomic E-state index is 12.0. The Labute approximate surface area is 121 Å². The van der Waals surface area contributed by atoms with Crippen molar-refractivity contribution in [2.75, 3.05) is 25.0 Å². The molecule has 0 aromatic heterocycles. The second-order valence-corrected chi connectivity index (χ2v) is 5.78. The third-order valence-electron chi connectivity index (χ3n) is 3.41. The third kappa shape index (κ3) is 4.30. The van der Waals surface area contributed by atoms with Crippen LogP contribution in [0.25, 0.3) is 0 Å². The van der Waals surface area contributed by atoms with Crippen LogP contribution >= 0.6 is 15.9 Å². The number of aliphatic hydroxyl groups is 1. The highest BCUT2D eigenvalue weighted by Crippen LogP contribution is 2.18. The smallest absolute Gasteiger partial charge is 0.238 e. The molecule has 2 N–H and O–H groups in total. The summed E-state index contributed by atoms with van der Waals surface area (Å²) >= 11 is 3.38. The van der Waals surface area contributed by atoms with Crippen LogP contribution in [-0.4, -0.2) is 41.7 Å². The number of aliphatic hydroxyl groups excluding tert-OH is 1. The Kier molecular flexibility index (Phi) is 5.36. The van der Waals surface area contributed by atoms with Gasteiger partial charge in [-0.15, -0.1) is 0 Å². The fourth-order valence-electron chi connectivity index (χ4n) is 2.43. The number of anilines is 1. The van der Waals surface area contributed by atoms with E-state index in [-0.39, 0.29) is 18.6 Å². The lowest BCUT2D eigenvalue weighted by molar-refractivity contribution is -0.118. The van der Waals surface area contributed by atoms with Crippen molar-refractivity contribution < 1.29 is 9.90 Å². The van der Waals surface area contributed by atoms with E-state index in [0.29, 0.717) is 6.54 Å². The highest BCUT2D eigenvalue weighted by atomic mass is 79.9. The number of rotatable bonds is 4. The molecule has 1 aromatic carbocycles. The van der Waals surface area contributed by atoms with E-state index in [1.54, 1.807) is 0 Å². The number of nitrogens with one attached hydrogen (secondary N) is 1. The van der Waals surface area contributed by atoms with Crippen LogP contribution < -0.4 is 5.32 Å². The fourth-order valence-corrected chi connectivity index (χ4v) is 2.83. The number of hydrogen-bond acceptors (Lipinski definition) is 3. The number of nitrogens with zero attached hydrogens (tertiary/aromatic N) is 1. The zero-order chi connectivity index (χ0) is 13.7. The summed E-state index contributed by atoms with van der Waals surface area (Å²) in [7, 11) is 0. The molecule has 2 rings (SSSR count). The van der Waals surface area contributed by atoms with Crippen LogP contribution in [0.1, 0.15) is 19.3 Å². The first-order valence-electron chi connectivity index (χ1n) is 6.59. The predicted octanol–water partition coefficient (Wildman–Crippen LogP) is 2.23. The first-order valence-corrected chi connectivity index (χ1v) is 7.38. The van der Waals surface area contributed by atoms with Gasteiger partial charge < -0.3 is 10.4 Å². The van der Waals surface area contributed by atoms with Gasteiger partial charge in [0.1, 0.15) is 0 Å². The summed E-state index contributed by atoms with van der Waals surface area (Å²) in [6.45, 7) is 1.36. The van der Waals surface area contributed by atoms with Crippen molar-refractivity contribution in [2.45, 2.75) is 25.3 Å². The molecule has 1 amide bonds. The van der Waals surface area contributed by atoms with Crippen molar-refractivity contribution in [3.05, 3.63) is 28.7 Å². The van der Waals surface area contributed by atoms with Crippen LogP contribution in [0.3, 0.4) is 0 Å². The van der Waals surface area contributed by atoms with Crippen molar-refractivity contribution in [3.8, 4) is 0 Å². The van der Waals surface area contributed by atoms with Gasteiger partial charge in [0.15, 0.2) is 0 Å². The van der Waals surface area contributed by atoms with Gasteiger partial charge >= 0.3 is 0 Å². The molecule has 0 saturated carbocycles. The average Bonchev–Trinajstić information content (AvgIpc) is 2.39. The molecule has 1 unspecified atom stereocenters. The van der Waals surface area contributed by atoms with Crippen molar-refractivity contribution >= 4 is 27.5 Å². The van der Waals surface area contributed by atoms with Gasteiger partial charge in [0.25, 0.3) is 0 Å². The van der Waals surface area contributed by atoms with E-state index in [2.05, 4.69) is 26.1 Å². The Balaban J connectivity index is 1.90. The highest BCUT2D eigenvalue weighted by molar-refractivity contribution is 9.10. The van der Waals surface area contributed by atoms with E-state index < -0.39 is 0 Å². The first kappa shape index (κ1) is 14.5. The van der Waals surface area contributed by atoms with Gasteiger partial charge in [0.2, 0.25) is 5.91 Å². The molecule has 104 valence electrons. The van der Waals surface area contributed by atoms with Crippen LogP contribution in [0.5, 0.6) is 0 Å². The second kappa shape index (κ2) is 7.03. The number of piperidine rings is 1. The summed E-state index contributed by atoms with van der Waals surface area (Å²) in [6, 6.07) is 7.67. The number of amides is 1. The maximum Gasteiger partial charge on any atom is 0.238 e. The summed E-state index contributed by atoms with van der Waals surface area (Å²) < 4.78 is 0.941. The number of hydrogen-bond donors (Lipinski definition) is 2. The molecule has 0 spiro atoms. The summed E-state index contributed by atoms with van der Waals surface area (Å²) in [4.78, 5) is 14.1. The van der Waals surface area contributed by atoms with Crippen molar-refractivity contribution in [1.82, 2.24) is 4.90 Å². The predicted molar refractivity (Wildman–Crippen MR) is 79.1 cm³/mol. The quantitative estimate of drug-likeness (QED) is 0.892. The largest absolute Gasteiger partial charge is 0.395 e. The molecule has 1 aliphatic rings. The Morgan fingerprint density at radius 1 is 1.47 bits per heavy atom. The molecule has 0 bridgehead atoms. The minimum atomic E-state index is -0.0292. The van der Waals surface area contributed by atoms with Gasteiger partial charge in [-0.2, -0.15) is 0 Å². The first-order chi connectivity index (χ1) is 9.19. The van der Waals surface area contributed by atoms with Gasteiger partial charge in [-0.05, 0) is 37.6 Å². The SMILES string of the molecule is O=C(CN1CCCCC1CO)Nc1cccc(Br)c1. The van der Waals surface area contributed by atoms with Gasteiger partial charge in [-0.3, -0.25) is 9.69 Å². The zero-order valence-corrected chi connectivity index (χ0v) is 12.4. The molecule has 19 heavy (non-hydrogen) atoms. The number of benzene rings is 1.